The molecule has 0 radical (unpaired) electrons. The highest BCUT2D eigenvalue weighted by Gasteiger charge is 2.44. The molecule has 25 heavy (non-hydrogen) atoms. The molecule has 2 bridgehead atoms. The zero-order valence-corrected chi connectivity index (χ0v) is 14.1. The third-order valence-corrected chi connectivity index (χ3v) is 5.64. The standard InChI is InChI=1S/C19H22N4O2/c24-19(13-11-12-7-8-16(13)25-12)22-17-18(23-9-3-4-10-23)21-15-6-2-1-5-14(15)20-17/h1-2,5-6,12-13,16H,3-4,7-11H2,(H,20,22,24). The van der Waals surface area contributed by atoms with Crippen LogP contribution in [0.1, 0.15) is 32.1 Å². The van der Waals surface area contributed by atoms with Gasteiger partial charge in [0.25, 0.3) is 0 Å². The number of aromatic nitrogens is 2. The van der Waals surface area contributed by atoms with Gasteiger partial charge in [0.05, 0.1) is 29.2 Å². The molecule has 0 saturated carbocycles. The summed E-state index contributed by atoms with van der Waals surface area (Å²) in [6.07, 6.45) is 5.56. The van der Waals surface area contributed by atoms with E-state index in [-0.39, 0.29) is 24.0 Å². The molecule has 130 valence electrons. The molecule has 6 heteroatoms. The Labute approximate surface area is 146 Å². The van der Waals surface area contributed by atoms with Gasteiger partial charge in [-0.2, -0.15) is 0 Å². The number of nitrogens with zero attached hydrogens (tertiary/aromatic N) is 3. The van der Waals surface area contributed by atoms with Gasteiger partial charge in [0.15, 0.2) is 11.6 Å². The molecule has 1 amide bonds. The predicted molar refractivity (Wildman–Crippen MR) is 95.6 cm³/mol. The lowest BCUT2D eigenvalue weighted by Crippen LogP contribution is -2.32. The Morgan fingerprint density at radius 3 is 2.56 bits per heavy atom. The van der Waals surface area contributed by atoms with Crippen LogP contribution >= 0.6 is 0 Å². The summed E-state index contributed by atoms with van der Waals surface area (Å²) < 4.78 is 5.84. The van der Waals surface area contributed by atoms with E-state index >= 15 is 0 Å². The van der Waals surface area contributed by atoms with E-state index in [1.165, 1.54) is 0 Å². The first kappa shape index (κ1) is 15.1. The first-order chi connectivity index (χ1) is 12.3. The molecule has 4 heterocycles. The van der Waals surface area contributed by atoms with Crippen LogP contribution in [0.2, 0.25) is 0 Å². The Morgan fingerprint density at radius 1 is 1.12 bits per heavy atom. The van der Waals surface area contributed by atoms with Crippen LogP contribution in [0.15, 0.2) is 24.3 Å². The highest BCUT2D eigenvalue weighted by atomic mass is 16.5. The first-order valence-electron chi connectivity index (χ1n) is 9.26. The molecule has 3 aliphatic heterocycles. The smallest absolute Gasteiger partial charge is 0.231 e. The number of amides is 1. The van der Waals surface area contributed by atoms with Crippen molar-refractivity contribution in [2.75, 3.05) is 23.3 Å². The fourth-order valence-corrected chi connectivity index (χ4v) is 4.35. The van der Waals surface area contributed by atoms with Crippen molar-refractivity contribution < 1.29 is 9.53 Å². The van der Waals surface area contributed by atoms with E-state index in [0.29, 0.717) is 5.82 Å². The first-order valence-corrected chi connectivity index (χ1v) is 9.26. The highest BCUT2D eigenvalue weighted by molar-refractivity contribution is 5.96. The molecule has 3 atom stereocenters. The molecule has 3 unspecified atom stereocenters. The van der Waals surface area contributed by atoms with Crippen molar-refractivity contribution in [1.29, 1.82) is 0 Å². The summed E-state index contributed by atoms with van der Waals surface area (Å²) in [5, 5.41) is 3.07. The zero-order valence-electron chi connectivity index (χ0n) is 14.1. The summed E-state index contributed by atoms with van der Waals surface area (Å²) in [6.45, 7) is 1.93. The van der Waals surface area contributed by atoms with E-state index < -0.39 is 0 Å². The van der Waals surface area contributed by atoms with Crippen molar-refractivity contribution in [2.24, 2.45) is 5.92 Å². The average Bonchev–Trinajstić information content (AvgIpc) is 3.38. The molecule has 0 aliphatic carbocycles. The van der Waals surface area contributed by atoms with Gasteiger partial charge in [-0.15, -0.1) is 0 Å². The normalized spacial score (nSPS) is 28.0. The van der Waals surface area contributed by atoms with Gasteiger partial charge in [0.1, 0.15) is 0 Å². The second kappa shape index (κ2) is 5.95. The van der Waals surface area contributed by atoms with E-state index in [0.717, 1.165) is 62.0 Å². The molecule has 6 nitrogen and oxygen atoms in total. The quantitative estimate of drug-likeness (QED) is 0.932. The molecule has 3 fully saturated rings. The Morgan fingerprint density at radius 2 is 1.88 bits per heavy atom. The van der Waals surface area contributed by atoms with E-state index in [9.17, 15) is 4.79 Å². The molecule has 1 aromatic carbocycles. The van der Waals surface area contributed by atoms with E-state index in [4.69, 9.17) is 14.7 Å². The van der Waals surface area contributed by atoms with Gasteiger partial charge in [-0.1, -0.05) is 12.1 Å². The summed E-state index contributed by atoms with van der Waals surface area (Å²) in [6, 6.07) is 7.82. The van der Waals surface area contributed by atoms with E-state index in [1.807, 2.05) is 24.3 Å². The Kier molecular flexibility index (Phi) is 3.59. The van der Waals surface area contributed by atoms with Gasteiger partial charge in [-0.3, -0.25) is 4.79 Å². The lowest BCUT2D eigenvalue weighted by Gasteiger charge is -2.22. The highest BCUT2D eigenvalue weighted by Crippen LogP contribution is 2.39. The molecule has 0 spiro atoms. The van der Waals surface area contributed by atoms with Crippen LogP contribution in [0.25, 0.3) is 11.0 Å². The molecule has 3 aliphatic rings. The van der Waals surface area contributed by atoms with Gasteiger partial charge >= 0.3 is 0 Å². The number of para-hydroxylation sites is 2. The number of hydrogen-bond donors (Lipinski definition) is 1. The van der Waals surface area contributed by atoms with E-state index in [2.05, 4.69) is 10.2 Å². The van der Waals surface area contributed by atoms with Crippen molar-refractivity contribution in [2.45, 2.75) is 44.3 Å². The maximum absolute atomic E-state index is 12.8. The zero-order chi connectivity index (χ0) is 16.8. The maximum Gasteiger partial charge on any atom is 0.231 e. The van der Waals surface area contributed by atoms with Crippen LogP contribution < -0.4 is 10.2 Å². The largest absolute Gasteiger partial charge is 0.374 e. The van der Waals surface area contributed by atoms with Crippen LogP contribution in [-0.2, 0) is 9.53 Å². The summed E-state index contributed by atoms with van der Waals surface area (Å²) in [4.78, 5) is 24.6. The summed E-state index contributed by atoms with van der Waals surface area (Å²) in [5.74, 6) is 1.36. The van der Waals surface area contributed by atoms with E-state index in [1.54, 1.807) is 0 Å². The van der Waals surface area contributed by atoms with Crippen molar-refractivity contribution in [3.8, 4) is 0 Å². The molecule has 1 N–H and O–H groups in total. The molecular formula is C19H22N4O2. The third-order valence-electron chi connectivity index (χ3n) is 5.64. The number of fused-ring (bicyclic) bond motifs is 3. The van der Waals surface area contributed by atoms with Crippen molar-refractivity contribution in [3.05, 3.63) is 24.3 Å². The van der Waals surface area contributed by atoms with Crippen LogP contribution in [0, 0.1) is 5.92 Å². The maximum atomic E-state index is 12.8. The molecular weight excluding hydrogens is 316 g/mol. The Balaban J connectivity index is 1.48. The van der Waals surface area contributed by atoms with Crippen molar-refractivity contribution >= 4 is 28.6 Å². The van der Waals surface area contributed by atoms with Crippen LogP contribution in [0.5, 0.6) is 0 Å². The predicted octanol–water partition coefficient (Wildman–Crippen LogP) is 2.74. The summed E-state index contributed by atoms with van der Waals surface area (Å²) >= 11 is 0. The van der Waals surface area contributed by atoms with Gasteiger partial charge in [-0.25, -0.2) is 9.97 Å². The summed E-state index contributed by atoms with van der Waals surface area (Å²) in [5.41, 5.74) is 1.68. The summed E-state index contributed by atoms with van der Waals surface area (Å²) in [7, 11) is 0. The lowest BCUT2D eigenvalue weighted by atomic mass is 9.88. The third kappa shape index (κ3) is 2.65. The minimum atomic E-state index is -0.0570. The number of benzene rings is 1. The van der Waals surface area contributed by atoms with Gasteiger partial charge in [0, 0.05) is 13.1 Å². The number of rotatable bonds is 3. The number of anilines is 2. The number of hydrogen-bond acceptors (Lipinski definition) is 5. The Bertz CT molecular complexity index is 818. The molecule has 1 aromatic heterocycles. The van der Waals surface area contributed by atoms with Crippen LogP contribution in [-0.4, -0.2) is 41.2 Å². The van der Waals surface area contributed by atoms with Gasteiger partial charge < -0.3 is 15.0 Å². The molecule has 5 rings (SSSR count). The monoisotopic (exact) mass is 338 g/mol. The fraction of sp³-hybridized carbons (Fsp3) is 0.526. The minimum absolute atomic E-state index is 0.0252. The SMILES string of the molecule is O=C(Nc1nc2ccccc2nc1N1CCCC1)C1CC2CCC1O2. The average molecular weight is 338 g/mol. The fourth-order valence-electron chi connectivity index (χ4n) is 4.35. The molecule has 3 saturated heterocycles. The number of carbonyl (C=O) groups is 1. The lowest BCUT2D eigenvalue weighted by molar-refractivity contribution is -0.121. The van der Waals surface area contributed by atoms with Crippen molar-refractivity contribution in [1.82, 2.24) is 9.97 Å². The minimum Gasteiger partial charge on any atom is -0.374 e. The van der Waals surface area contributed by atoms with Crippen molar-refractivity contribution in [3.63, 3.8) is 0 Å². The number of carbonyl (C=O) groups excluding carboxylic acids is 1. The number of nitrogens with one attached hydrogen (secondary N) is 1. The second-order valence-corrected chi connectivity index (χ2v) is 7.28. The number of ether oxygens (including phenoxy) is 1. The van der Waals surface area contributed by atoms with Crippen LogP contribution in [0.4, 0.5) is 11.6 Å². The second-order valence-electron chi connectivity index (χ2n) is 7.28. The van der Waals surface area contributed by atoms with Gasteiger partial charge in [-0.05, 0) is 44.2 Å². The Hall–Kier alpha value is -2.21. The topological polar surface area (TPSA) is 67.4 Å². The van der Waals surface area contributed by atoms with Crippen LogP contribution in [0.3, 0.4) is 0 Å². The molecule has 2 aromatic rings. The van der Waals surface area contributed by atoms with Gasteiger partial charge in [0.2, 0.25) is 5.91 Å².